The highest BCUT2D eigenvalue weighted by Gasteiger charge is 2.44. The summed E-state index contributed by atoms with van der Waals surface area (Å²) < 4.78 is 53.3. The van der Waals surface area contributed by atoms with Crippen LogP contribution in [0.3, 0.4) is 0 Å². The van der Waals surface area contributed by atoms with Crippen LogP contribution in [0.1, 0.15) is 31.4 Å². The number of hydrogen-bond donors (Lipinski definition) is 1. The van der Waals surface area contributed by atoms with Gasteiger partial charge in [0.15, 0.2) is 0 Å². The molecule has 1 heterocycles. The summed E-state index contributed by atoms with van der Waals surface area (Å²) in [4.78, 5) is 1.79. The molecule has 6 heteroatoms. The van der Waals surface area contributed by atoms with E-state index in [1.54, 1.807) is 11.0 Å². The predicted molar refractivity (Wildman–Crippen MR) is 117 cm³/mol. The molecule has 1 fully saturated rings. The highest BCUT2D eigenvalue weighted by atomic mass is 19.4. The van der Waals surface area contributed by atoms with E-state index in [4.69, 9.17) is 0 Å². The molecule has 31 heavy (non-hydrogen) atoms. The van der Waals surface area contributed by atoms with Crippen LogP contribution >= 0.6 is 0 Å². The summed E-state index contributed by atoms with van der Waals surface area (Å²) in [7, 11) is 0. The SMILES string of the molecule is C=C\C(=C/C(=C/C=C\C)C(=C)C)C1(O)CCN(Cc2ccc(C(F)(F)F)cc2)CC1F. The number of benzene rings is 1. The third-order valence-electron chi connectivity index (χ3n) is 5.43. The molecule has 0 bridgehead atoms. The minimum atomic E-state index is -4.39. The van der Waals surface area contributed by atoms with Crippen molar-refractivity contribution < 1.29 is 22.7 Å². The van der Waals surface area contributed by atoms with Crippen molar-refractivity contribution >= 4 is 0 Å². The molecule has 0 aliphatic carbocycles. The number of rotatable bonds is 7. The first kappa shape index (κ1) is 24.8. The Morgan fingerprint density at radius 3 is 2.42 bits per heavy atom. The van der Waals surface area contributed by atoms with Crippen molar-refractivity contribution in [1.82, 2.24) is 4.90 Å². The second kappa shape index (κ2) is 10.2. The van der Waals surface area contributed by atoms with E-state index in [9.17, 15) is 18.3 Å². The molecule has 2 rings (SSSR count). The number of halogens is 4. The van der Waals surface area contributed by atoms with Gasteiger partial charge in [-0.1, -0.05) is 55.2 Å². The van der Waals surface area contributed by atoms with Crippen molar-refractivity contribution in [2.24, 2.45) is 0 Å². The Kier molecular flexibility index (Phi) is 8.21. The molecule has 0 aromatic heterocycles. The standard InChI is InChI=1S/C25H29F4NO/c1-5-7-8-20(18(3)4)15-21(6-2)24(31)13-14-30(17-23(24)26)16-19-9-11-22(12-10-19)25(27,28)29/h5-12,15,23,31H,2-3,13-14,16-17H2,1,4H3/b7-5-,20-8-,21-15+. The lowest BCUT2D eigenvalue weighted by Crippen LogP contribution is -2.54. The molecule has 1 aliphatic heterocycles. The van der Waals surface area contributed by atoms with Crippen LogP contribution in [0.4, 0.5) is 17.6 Å². The molecule has 1 saturated heterocycles. The average molecular weight is 436 g/mol. The Balaban J connectivity index is 2.15. The fourth-order valence-corrected chi connectivity index (χ4v) is 3.52. The molecule has 1 N–H and O–H groups in total. The molecule has 2 atom stereocenters. The zero-order valence-electron chi connectivity index (χ0n) is 17.9. The summed E-state index contributed by atoms with van der Waals surface area (Å²) in [5.74, 6) is 0. The topological polar surface area (TPSA) is 23.5 Å². The number of alkyl halides is 4. The number of nitrogens with zero attached hydrogens (tertiary/aromatic N) is 1. The van der Waals surface area contributed by atoms with Crippen molar-refractivity contribution in [3.05, 3.63) is 95.6 Å². The predicted octanol–water partition coefficient (Wildman–Crippen LogP) is 6.17. The third kappa shape index (κ3) is 6.28. The molecule has 1 aliphatic rings. The Hall–Kier alpha value is -2.44. The van der Waals surface area contributed by atoms with E-state index in [0.29, 0.717) is 24.2 Å². The van der Waals surface area contributed by atoms with E-state index in [0.717, 1.165) is 23.3 Å². The van der Waals surface area contributed by atoms with E-state index < -0.39 is 23.5 Å². The number of aliphatic hydroxyl groups is 1. The van der Waals surface area contributed by atoms with E-state index >= 15 is 4.39 Å². The highest BCUT2D eigenvalue weighted by Crippen LogP contribution is 2.35. The first-order chi connectivity index (χ1) is 14.5. The molecule has 0 saturated carbocycles. The molecule has 1 aromatic rings. The molecule has 0 radical (unpaired) electrons. The fourth-order valence-electron chi connectivity index (χ4n) is 3.52. The summed E-state index contributed by atoms with van der Waals surface area (Å²) in [6.07, 6.45) is 2.87. The van der Waals surface area contributed by atoms with Crippen LogP contribution in [-0.4, -0.2) is 34.9 Å². The van der Waals surface area contributed by atoms with E-state index in [2.05, 4.69) is 13.2 Å². The number of likely N-dealkylation sites (tertiary alicyclic amines) is 1. The minimum absolute atomic E-state index is 0.0380. The van der Waals surface area contributed by atoms with Gasteiger partial charge in [0.1, 0.15) is 11.8 Å². The molecular formula is C25H29F4NO. The van der Waals surface area contributed by atoms with Gasteiger partial charge in [-0.25, -0.2) is 4.39 Å². The van der Waals surface area contributed by atoms with Crippen LogP contribution in [0.15, 0.2) is 84.5 Å². The summed E-state index contributed by atoms with van der Waals surface area (Å²) >= 11 is 0. The van der Waals surface area contributed by atoms with Gasteiger partial charge >= 0.3 is 6.18 Å². The first-order valence-electron chi connectivity index (χ1n) is 10.1. The molecular weight excluding hydrogens is 406 g/mol. The Bertz CT molecular complexity index is 880. The average Bonchev–Trinajstić information content (AvgIpc) is 2.70. The van der Waals surface area contributed by atoms with Crippen molar-refractivity contribution in [3.63, 3.8) is 0 Å². The zero-order chi connectivity index (χ0) is 23.2. The maximum atomic E-state index is 15.2. The summed E-state index contributed by atoms with van der Waals surface area (Å²) in [6.45, 7) is 12.0. The smallest absolute Gasteiger partial charge is 0.382 e. The van der Waals surface area contributed by atoms with Gasteiger partial charge in [0.05, 0.1) is 5.56 Å². The minimum Gasteiger partial charge on any atom is -0.382 e. The lowest BCUT2D eigenvalue weighted by molar-refractivity contribution is -0.137. The van der Waals surface area contributed by atoms with Crippen LogP contribution < -0.4 is 0 Å². The van der Waals surface area contributed by atoms with Gasteiger partial charge in [-0.3, -0.25) is 4.90 Å². The van der Waals surface area contributed by atoms with Crippen molar-refractivity contribution in [3.8, 4) is 0 Å². The van der Waals surface area contributed by atoms with Gasteiger partial charge < -0.3 is 5.11 Å². The maximum Gasteiger partial charge on any atom is 0.416 e. The molecule has 168 valence electrons. The van der Waals surface area contributed by atoms with Gasteiger partial charge in [-0.05, 0) is 55.2 Å². The van der Waals surface area contributed by atoms with Gasteiger partial charge in [0, 0.05) is 19.6 Å². The van der Waals surface area contributed by atoms with E-state index in [1.807, 2.05) is 32.1 Å². The van der Waals surface area contributed by atoms with E-state index in [1.165, 1.54) is 18.2 Å². The lowest BCUT2D eigenvalue weighted by atomic mass is 9.81. The lowest BCUT2D eigenvalue weighted by Gasteiger charge is -2.41. The maximum absolute atomic E-state index is 15.2. The van der Waals surface area contributed by atoms with Crippen LogP contribution in [0, 0.1) is 0 Å². The molecule has 2 nitrogen and oxygen atoms in total. The van der Waals surface area contributed by atoms with Crippen LogP contribution in [0.5, 0.6) is 0 Å². The molecule has 0 amide bonds. The Morgan fingerprint density at radius 2 is 1.94 bits per heavy atom. The number of piperidine rings is 1. The first-order valence-corrected chi connectivity index (χ1v) is 10.1. The molecule has 0 spiro atoms. The van der Waals surface area contributed by atoms with Gasteiger partial charge in [0.25, 0.3) is 0 Å². The monoisotopic (exact) mass is 435 g/mol. The third-order valence-corrected chi connectivity index (χ3v) is 5.43. The second-order valence-electron chi connectivity index (χ2n) is 7.80. The van der Waals surface area contributed by atoms with Crippen LogP contribution in [0.2, 0.25) is 0 Å². The van der Waals surface area contributed by atoms with Gasteiger partial charge in [0.2, 0.25) is 0 Å². The quantitative estimate of drug-likeness (QED) is 0.409. The summed E-state index contributed by atoms with van der Waals surface area (Å²) in [5.41, 5.74) is 0.171. The van der Waals surface area contributed by atoms with Crippen molar-refractivity contribution in [1.29, 1.82) is 0 Å². The van der Waals surface area contributed by atoms with E-state index in [-0.39, 0.29) is 13.0 Å². The molecule has 2 unspecified atom stereocenters. The van der Waals surface area contributed by atoms with Crippen molar-refractivity contribution in [2.75, 3.05) is 13.1 Å². The number of hydrogen-bond acceptors (Lipinski definition) is 2. The Labute approximate surface area is 181 Å². The summed E-state index contributed by atoms with van der Waals surface area (Å²) in [5, 5.41) is 11.1. The highest BCUT2D eigenvalue weighted by molar-refractivity contribution is 5.46. The van der Waals surface area contributed by atoms with Gasteiger partial charge in [-0.15, -0.1) is 0 Å². The Morgan fingerprint density at radius 1 is 1.29 bits per heavy atom. The largest absolute Gasteiger partial charge is 0.416 e. The fraction of sp³-hybridized carbons (Fsp3) is 0.360. The summed E-state index contributed by atoms with van der Waals surface area (Å²) in [6, 6.07) is 4.85. The van der Waals surface area contributed by atoms with Crippen LogP contribution in [-0.2, 0) is 12.7 Å². The molecule has 1 aromatic carbocycles. The zero-order valence-corrected chi connectivity index (χ0v) is 17.9. The van der Waals surface area contributed by atoms with Crippen molar-refractivity contribution in [2.45, 2.75) is 44.8 Å². The van der Waals surface area contributed by atoms with Crippen LogP contribution in [0.25, 0.3) is 0 Å². The second-order valence-corrected chi connectivity index (χ2v) is 7.80. The normalized spacial score (nSPS) is 23.9. The van der Waals surface area contributed by atoms with Gasteiger partial charge in [-0.2, -0.15) is 13.2 Å². The number of allylic oxidation sites excluding steroid dienone is 6.